The summed E-state index contributed by atoms with van der Waals surface area (Å²) >= 11 is 0. The van der Waals surface area contributed by atoms with Gasteiger partial charge in [0.2, 0.25) is 5.91 Å². The number of hydrogen-bond acceptors (Lipinski definition) is 6. The van der Waals surface area contributed by atoms with Crippen LogP contribution in [0.25, 0.3) is 0 Å². The Morgan fingerprint density at radius 3 is 2.71 bits per heavy atom. The summed E-state index contributed by atoms with van der Waals surface area (Å²) in [5.74, 6) is 6.97. The van der Waals surface area contributed by atoms with Gasteiger partial charge in [-0.05, 0) is 6.42 Å². The Morgan fingerprint density at radius 2 is 2.12 bits per heavy atom. The summed E-state index contributed by atoms with van der Waals surface area (Å²) in [5, 5.41) is 3.10. The van der Waals surface area contributed by atoms with E-state index in [-0.39, 0.29) is 5.91 Å². The molecule has 0 fully saturated rings. The Kier molecular flexibility index (Phi) is 5.15. The summed E-state index contributed by atoms with van der Waals surface area (Å²) < 4.78 is 0. The van der Waals surface area contributed by atoms with Gasteiger partial charge in [0.05, 0.1) is 0 Å². The lowest BCUT2D eigenvalue weighted by molar-refractivity contribution is -0.118. The van der Waals surface area contributed by atoms with Gasteiger partial charge in [-0.25, -0.2) is 15.8 Å². The number of aryl methyl sites for hydroxylation is 1. The minimum absolute atomic E-state index is 0.298. The number of anilines is 2. The Bertz CT molecular complexity index is 359. The van der Waals surface area contributed by atoms with E-state index in [1.54, 1.807) is 6.07 Å². The quantitative estimate of drug-likeness (QED) is 0.301. The number of carbonyl (C=O) groups is 1. The highest BCUT2D eigenvalue weighted by molar-refractivity contribution is 5.73. The van der Waals surface area contributed by atoms with Gasteiger partial charge in [-0.1, -0.05) is 6.92 Å². The first-order valence-electron chi connectivity index (χ1n) is 5.52. The maximum absolute atomic E-state index is 10.6. The number of hydrazine groups is 1. The number of nitrogen functional groups attached to an aromatic ring is 1. The van der Waals surface area contributed by atoms with Crippen molar-refractivity contribution in [2.45, 2.75) is 26.2 Å². The van der Waals surface area contributed by atoms with Crippen LogP contribution < -0.4 is 22.3 Å². The topological polar surface area (TPSA) is 119 Å². The standard InChI is InChI=1S/C10H18N6O/c1-2-8-14-9(6-10(15-8)16-12)13-5-3-4-7(11)17/h6H,2-5,12H2,1H3,(H2,11,17)(H2,13,14,15,16). The zero-order chi connectivity index (χ0) is 12.7. The SMILES string of the molecule is CCc1nc(NN)cc(NCCCC(N)=O)n1. The van der Waals surface area contributed by atoms with E-state index in [4.69, 9.17) is 11.6 Å². The van der Waals surface area contributed by atoms with Crippen LogP contribution in [-0.4, -0.2) is 22.4 Å². The van der Waals surface area contributed by atoms with Crippen LogP contribution in [0.15, 0.2) is 6.07 Å². The van der Waals surface area contributed by atoms with Crippen molar-refractivity contribution in [2.75, 3.05) is 17.3 Å². The number of hydrogen-bond donors (Lipinski definition) is 4. The van der Waals surface area contributed by atoms with Gasteiger partial charge in [0.15, 0.2) is 0 Å². The molecule has 0 aliphatic rings. The van der Waals surface area contributed by atoms with Crippen molar-refractivity contribution < 1.29 is 4.79 Å². The highest BCUT2D eigenvalue weighted by atomic mass is 16.1. The van der Waals surface area contributed by atoms with Crippen LogP contribution in [0.2, 0.25) is 0 Å². The zero-order valence-electron chi connectivity index (χ0n) is 9.86. The van der Waals surface area contributed by atoms with E-state index >= 15 is 0 Å². The first-order valence-corrected chi connectivity index (χ1v) is 5.52. The van der Waals surface area contributed by atoms with Crippen LogP contribution >= 0.6 is 0 Å². The summed E-state index contributed by atoms with van der Waals surface area (Å²) in [4.78, 5) is 19.0. The number of rotatable bonds is 7. The van der Waals surface area contributed by atoms with Gasteiger partial charge >= 0.3 is 0 Å². The Balaban J connectivity index is 2.54. The maximum atomic E-state index is 10.6. The summed E-state index contributed by atoms with van der Waals surface area (Å²) in [7, 11) is 0. The third-order valence-corrected chi connectivity index (χ3v) is 2.14. The second kappa shape index (κ2) is 6.64. The smallest absolute Gasteiger partial charge is 0.217 e. The zero-order valence-corrected chi connectivity index (χ0v) is 9.86. The average molecular weight is 238 g/mol. The lowest BCUT2D eigenvalue weighted by Gasteiger charge is -2.08. The van der Waals surface area contributed by atoms with Crippen molar-refractivity contribution in [3.05, 3.63) is 11.9 Å². The number of nitrogens with two attached hydrogens (primary N) is 2. The molecule has 1 aromatic rings. The molecule has 0 spiro atoms. The molecule has 0 aliphatic heterocycles. The molecule has 7 heteroatoms. The van der Waals surface area contributed by atoms with Crippen molar-refractivity contribution in [3.8, 4) is 0 Å². The molecule has 7 nitrogen and oxygen atoms in total. The van der Waals surface area contributed by atoms with Gasteiger partial charge in [-0.3, -0.25) is 4.79 Å². The minimum atomic E-state index is -0.298. The maximum Gasteiger partial charge on any atom is 0.217 e. The van der Waals surface area contributed by atoms with E-state index in [1.165, 1.54) is 0 Å². The van der Waals surface area contributed by atoms with Crippen molar-refractivity contribution in [1.82, 2.24) is 9.97 Å². The highest BCUT2D eigenvalue weighted by Crippen LogP contribution is 2.10. The van der Waals surface area contributed by atoms with Crippen LogP contribution in [0.1, 0.15) is 25.6 Å². The number of carbonyl (C=O) groups excluding carboxylic acids is 1. The fraction of sp³-hybridized carbons (Fsp3) is 0.500. The predicted molar refractivity (Wildman–Crippen MR) is 66.1 cm³/mol. The number of nitrogens with one attached hydrogen (secondary N) is 2. The second-order valence-corrected chi connectivity index (χ2v) is 3.55. The van der Waals surface area contributed by atoms with E-state index in [0.29, 0.717) is 36.8 Å². The molecule has 1 aromatic heterocycles. The van der Waals surface area contributed by atoms with Crippen molar-refractivity contribution >= 4 is 17.5 Å². The largest absolute Gasteiger partial charge is 0.370 e. The van der Waals surface area contributed by atoms with Crippen LogP contribution in [0.4, 0.5) is 11.6 Å². The van der Waals surface area contributed by atoms with Crippen molar-refractivity contribution in [1.29, 1.82) is 0 Å². The molecule has 1 heterocycles. The summed E-state index contributed by atoms with van der Waals surface area (Å²) in [6.45, 7) is 2.60. The van der Waals surface area contributed by atoms with E-state index in [9.17, 15) is 4.79 Å². The number of primary amides is 1. The third-order valence-electron chi connectivity index (χ3n) is 2.14. The number of aromatic nitrogens is 2. The first-order chi connectivity index (χ1) is 8.15. The molecule has 0 saturated heterocycles. The summed E-state index contributed by atoms with van der Waals surface area (Å²) in [6.07, 6.45) is 1.76. The number of nitrogens with zero attached hydrogens (tertiary/aromatic N) is 2. The van der Waals surface area contributed by atoms with E-state index < -0.39 is 0 Å². The molecule has 0 radical (unpaired) electrons. The van der Waals surface area contributed by atoms with Crippen LogP contribution in [0.3, 0.4) is 0 Å². The van der Waals surface area contributed by atoms with Gasteiger partial charge in [-0.15, -0.1) is 0 Å². The molecule has 1 amide bonds. The Morgan fingerprint density at radius 1 is 1.41 bits per heavy atom. The molecule has 6 N–H and O–H groups in total. The normalized spacial score (nSPS) is 10.0. The third kappa shape index (κ3) is 4.64. The molecule has 94 valence electrons. The van der Waals surface area contributed by atoms with Crippen LogP contribution in [-0.2, 0) is 11.2 Å². The van der Waals surface area contributed by atoms with Gasteiger partial charge in [-0.2, -0.15) is 0 Å². The van der Waals surface area contributed by atoms with Crippen molar-refractivity contribution in [3.63, 3.8) is 0 Å². The van der Waals surface area contributed by atoms with E-state index in [2.05, 4.69) is 20.7 Å². The monoisotopic (exact) mass is 238 g/mol. The lowest BCUT2D eigenvalue weighted by Crippen LogP contribution is -2.14. The van der Waals surface area contributed by atoms with Gasteiger partial charge < -0.3 is 16.5 Å². The lowest BCUT2D eigenvalue weighted by atomic mass is 10.3. The molecule has 0 aliphatic carbocycles. The van der Waals surface area contributed by atoms with Crippen molar-refractivity contribution in [2.24, 2.45) is 11.6 Å². The predicted octanol–water partition coefficient (Wildman–Crippen LogP) is 0.00200. The minimum Gasteiger partial charge on any atom is -0.370 e. The fourth-order valence-corrected chi connectivity index (χ4v) is 1.30. The molecule has 1 rings (SSSR count). The summed E-state index contributed by atoms with van der Waals surface area (Å²) in [5.41, 5.74) is 7.53. The van der Waals surface area contributed by atoms with E-state index in [1.807, 2.05) is 6.92 Å². The van der Waals surface area contributed by atoms with Gasteiger partial charge in [0, 0.05) is 25.5 Å². The Labute approximate surface area is 100.0 Å². The first kappa shape index (κ1) is 13.2. The highest BCUT2D eigenvalue weighted by Gasteiger charge is 2.02. The molecule has 0 aromatic carbocycles. The van der Waals surface area contributed by atoms with E-state index in [0.717, 1.165) is 6.42 Å². The van der Waals surface area contributed by atoms with Crippen LogP contribution in [0, 0.1) is 0 Å². The molecule has 0 saturated carbocycles. The molecular weight excluding hydrogens is 220 g/mol. The molecular formula is C10H18N6O. The van der Waals surface area contributed by atoms with Gasteiger partial charge in [0.25, 0.3) is 0 Å². The molecule has 0 unspecified atom stereocenters. The second-order valence-electron chi connectivity index (χ2n) is 3.55. The molecule has 17 heavy (non-hydrogen) atoms. The fourth-order valence-electron chi connectivity index (χ4n) is 1.30. The Hall–Kier alpha value is -1.89. The summed E-state index contributed by atoms with van der Waals surface area (Å²) in [6, 6.07) is 1.71. The van der Waals surface area contributed by atoms with Gasteiger partial charge in [0.1, 0.15) is 17.5 Å². The van der Waals surface area contributed by atoms with Crippen LogP contribution in [0.5, 0.6) is 0 Å². The number of amides is 1. The molecule has 0 atom stereocenters. The average Bonchev–Trinajstić information content (AvgIpc) is 2.34. The molecule has 0 bridgehead atoms.